The molecule has 6 heteroatoms. The summed E-state index contributed by atoms with van der Waals surface area (Å²) in [5.41, 5.74) is 0. The van der Waals surface area contributed by atoms with Crippen molar-refractivity contribution >= 4 is 39.6 Å². The first-order valence-electron chi connectivity index (χ1n) is 6.15. The number of carbonyl (C=O) groups is 2. The minimum Gasteiger partial charge on any atom is -0.467 e. The normalized spacial score (nSPS) is 25.3. The van der Waals surface area contributed by atoms with Crippen LogP contribution in [0.5, 0.6) is 0 Å². The van der Waals surface area contributed by atoms with E-state index in [0.29, 0.717) is 15.8 Å². The summed E-state index contributed by atoms with van der Waals surface area (Å²) in [6, 6.07) is -0.542. The third-order valence-electron chi connectivity index (χ3n) is 2.96. The van der Waals surface area contributed by atoms with Gasteiger partial charge in [-0.15, -0.1) is 0 Å². The second kappa shape index (κ2) is 8.04. The van der Waals surface area contributed by atoms with E-state index in [1.807, 2.05) is 0 Å². The molecule has 18 heavy (non-hydrogen) atoms. The van der Waals surface area contributed by atoms with Gasteiger partial charge in [-0.25, -0.2) is 4.79 Å². The van der Waals surface area contributed by atoms with Crippen molar-refractivity contribution in [1.29, 1.82) is 0 Å². The van der Waals surface area contributed by atoms with Gasteiger partial charge in [0.2, 0.25) is 5.91 Å². The SMILES string of the molecule is COC(=O)[C@H](CSC1CCCCC1Br)NC(C)=O. The molecule has 1 fully saturated rings. The minimum atomic E-state index is -0.542. The first-order valence-corrected chi connectivity index (χ1v) is 8.11. The Morgan fingerprint density at radius 2 is 2.11 bits per heavy atom. The fraction of sp³-hybridized carbons (Fsp3) is 0.833. The van der Waals surface area contributed by atoms with Crippen LogP contribution in [-0.4, -0.2) is 40.9 Å². The summed E-state index contributed by atoms with van der Waals surface area (Å²) in [5, 5.41) is 3.15. The van der Waals surface area contributed by atoms with Crippen molar-refractivity contribution in [3.8, 4) is 0 Å². The Bertz CT molecular complexity index is 301. The molecule has 1 saturated carbocycles. The zero-order valence-corrected chi connectivity index (χ0v) is 13.2. The summed E-state index contributed by atoms with van der Waals surface area (Å²) in [7, 11) is 1.34. The van der Waals surface area contributed by atoms with Crippen molar-refractivity contribution in [3.63, 3.8) is 0 Å². The summed E-state index contributed by atoms with van der Waals surface area (Å²) in [6.45, 7) is 1.41. The highest BCUT2D eigenvalue weighted by Gasteiger charge is 2.27. The topological polar surface area (TPSA) is 55.4 Å². The summed E-state index contributed by atoms with van der Waals surface area (Å²) < 4.78 is 4.70. The smallest absolute Gasteiger partial charge is 0.329 e. The molecule has 0 aliphatic heterocycles. The van der Waals surface area contributed by atoms with Crippen LogP contribution in [0.25, 0.3) is 0 Å². The first-order chi connectivity index (χ1) is 8.54. The fourth-order valence-corrected chi connectivity index (χ4v) is 4.40. The Hall–Kier alpha value is -0.230. The van der Waals surface area contributed by atoms with Crippen molar-refractivity contribution in [1.82, 2.24) is 5.32 Å². The number of carbonyl (C=O) groups excluding carboxylic acids is 2. The van der Waals surface area contributed by atoms with Crippen molar-refractivity contribution in [2.24, 2.45) is 0 Å². The third kappa shape index (κ3) is 5.18. The van der Waals surface area contributed by atoms with Crippen LogP contribution in [0, 0.1) is 0 Å². The van der Waals surface area contributed by atoms with Crippen molar-refractivity contribution in [2.45, 2.75) is 48.7 Å². The van der Waals surface area contributed by atoms with Gasteiger partial charge in [0, 0.05) is 22.8 Å². The molecule has 0 saturated heterocycles. The molecule has 0 aromatic heterocycles. The summed E-state index contributed by atoms with van der Waals surface area (Å²) in [6.07, 6.45) is 4.84. The number of rotatable bonds is 5. The van der Waals surface area contributed by atoms with E-state index in [0.717, 1.165) is 6.42 Å². The largest absolute Gasteiger partial charge is 0.467 e. The Labute approximate surface area is 121 Å². The highest BCUT2D eigenvalue weighted by molar-refractivity contribution is 9.09. The lowest BCUT2D eigenvalue weighted by molar-refractivity contribution is -0.144. The Morgan fingerprint density at radius 3 is 2.67 bits per heavy atom. The van der Waals surface area contributed by atoms with Crippen molar-refractivity contribution in [2.75, 3.05) is 12.9 Å². The van der Waals surface area contributed by atoms with E-state index in [1.165, 1.54) is 33.3 Å². The van der Waals surface area contributed by atoms with Gasteiger partial charge in [-0.3, -0.25) is 4.79 Å². The second-order valence-corrected chi connectivity index (χ2v) is 6.90. The molecule has 0 bridgehead atoms. The number of amides is 1. The predicted molar refractivity (Wildman–Crippen MR) is 77.0 cm³/mol. The molecule has 3 atom stereocenters. The molecule has 1 aliphatic rings. The predicted octanol–water partition coefficient (Wildman–Crippen LogP) is 2.10. The Kier molecular flexibility index (Phi) is 7.07. The summed E-state index contributed by atoms with van der Waals surface area (Å²) in [5.74, 6) is -0.0105. The number of halogens is 1. The number of ether oxygens (including phenoxy) is 1. The molecule has 1 amide bonds. The van der Waals surface area contributed by atoms with Crippen LogP contribution in [0.2, 0.25) is 0 Å². The van der Waals surface area contributed by atoms with E-state index in [1.54, 1.807) is 11.8 Å². The highest BCUT2D eigenvalue weighted by atomic mass is 79.9. The van der Waals surface area contributed by atoms with Crippen LogP contribution < -0.4 is 5.32 Å². The molecular weight excluding hydrogens is 318 g/mol. The van der Waals surface area contributed by atoms with Crippen LogP contribution in [0.4, 0.5) is 0 Å². The Balaban J connectivity index is 2.45. The summed E-state index contributed by atoms with van der Waals surface area (Å²) >= 11 is 5.42. The number of thioether (sulfide) groups is 1. The van der Waals surface area contributed by atoms with Gasteiger partial charge in [-0.05, 0) is 12.8 Å². The number of esters is 1. The van der Waals surface area contributed by atoms with E-state index < -0.39 is 6.04 Å². The fourth-order valence-electron chi connectivity index (χ4n) is 2.02. The molecular formula is C12H20BrNO3S. The van der Waals surface area contributed by atoms with Crippen molar-refractivity contribution < 1.29 is 14.3 Å². The maximum Gasteiger partial charge on any atom is 0.329 e. The molecule has 1 rings (SSSR count). The molecule has 0 aromatic carbocycles. The van der Waals surface area contributed by atoms with Crippen LogP contribution in [-0.2, 0) is 14.3 Å². The van der Waals surface area contributed by atoms with Gasteiger partial charge < -0.3 is 10.1 Å². The van der Waals surface area contributed by atoms with E-state index in [4.69, 9.17) is 4.74 Å². The molecule has 0 aromatic rings. The molecule has 1 aliphatic carbocycles. The molecule has 2 unspecified atom stereocenters. The molecule has 0 radical (unpaired) electrons. The van der Waals surface area contributed by atoms with E-state index in [9.17, 15) is 9.59 Å². The van der Waals surface area contributed by atoms with Gasteiger partial charge in [0.25, 0.3) is 0 Å². The summed E-state index contributed by atoms with van der Waals surface area (Å²) in [4.78, 5) is 23.1. The van der Waals surface area contributed by atoms with E-state index in [-0.39, 0.29) is 11.9 Å². The van der Waals surface area contributed by atoms with Crippen LogP contribution in [0.3, 0.4) is 0 Å². The number of hydrogen-bond acceptors (Lipinski definition) is 4. The quantitative estimate of drug-likeness (QED) is 0.616. The average molecular weight is 338 g/mol. The first kappa shape index (κ1) is 15.8. The van der Waals surface area contributed by atoms with Crippen LogP contribution in [0.1, 0.15) is 32.6 Å². The molecule has 104 valence electrons. The zero-order chi connectivity index (χ0) is 13.5. The molecule has 1 N–H and O–H groups in total. The van der Waals surface area contributed by atoms with Crippen LogP contribution >= 0.6 is 27.7 Å². The zero-order valence-electron chi connectivity index (χ0n) is 10.8. The monoisotopic (exact) mass is 337 g/mol. The van der Waals surface area contributed by atoms with Crippen molar-refractivity contribution in [3.05, 3.63) is 0 Å². The lowest BCUT2D eigenvalue weighted by atomic mass is 10.0. The van der Waals surface area contributed by atoms with Gasteiger partial charge in [-0.1, -0.05) is 28.8 Å². The lowest BCUT2D eigenvalue weighted by Crippen LogP contribution is -2.43. The third-order valence-corrected chi connectivity index (χ3v) is 5.93. The molecule has 4 nitrogen and oxygen atoms in total. The van der Waals surface area contributed by atoms with Gasteiger partial charge >= 0.3 is 5.97 Å². The number of hydrogen-bond donors (Lipinski definition) is 1. The van der Waals surface area contributed by atoms with E-state index >= 15 is 0 Å². The maximum atomic E-state index is 11.5. The minimum absolute atomic E-state index is 0.204. The van der Waals surface area contributed by atoms with Gasteiger partial charge in [0.1, 0.15) is 6.04 Å². The van der Waals surface area contributed by atoms with Gasteiger partial charge in [-0.2, -0.15) is 11.8 Å². The van der Waals surface area contributed by atoms with Gasteiger partial charge in [0.05, 0.1) is 7.11 Å². The molecule has 0 spiro atoms. The molecule has 0 heterocycles. The van der Waals surface area contributed by atoms with Gasteiger partial charge in [0.15, 0.2) is 0 Å². The average Bonchev–Trinajstić information content (AvgIpc) is 2.34. The highest BCUT2D eigenvalue weighted by Crippen LogP contribution is 2.33. The number of methoxy groups -OCH3 is 1. The second-order valence-electron chi connectivity index (χ2n) is 4.45. The Morgan fingerprint density at radius 1 is 1.44 bits per heavy atom. The maximum absolute atomic E-state index is 11.5. The number of alkyl halides is 1. The van der Waals surface area contributed by atoms with E-state index in [2.05, 4.69) is 21.2 Å². The standard InChI is InChI=1S/C12H20BrNO3S/c1-8(15)14-10(12(16)17-2)7-18-11-6-4-3-5-9(11)13/h9-11H,3-7H2,1-2H3,(H,14,15)/t9?,10-,11?/m0/s1. The lowest BCUT2D eigenvalue weighted by Gasteiger charge is -2.28. The number of nitrogens with one attached hydrogen (secondary N) is 1. The van der Waals surface area contributed by atoms with Crippen LogP contribution in [0.15, 0.2) is 0 Å².